The van der Waals surface area contributed by atoms with E-state index < -0.39 is 36.7 Å². The number of alkyl halides is 2. The summed E-state index contributed by atoms with van der Waals surface area (Å²) in [5.74, 6) is -4.19. The number of carbonyl (C=O) groups is 1. The van der Waals surface area contributed by atoms with Crippen LogP contribution < -0.4 is 11.0 Å². The molecule has 3 N–H and O–H groups in total. The number of aliphatic hydroxyl groups is 2. The molecule has 0 saturated carbocycles. The fraction of sp³-hybridized carbons (Fsp3) is 0.615. The van der Waals surface area contributed by atoms with Gasteiger partial charge in [-0.1, -0.05) is 6.92 Å². The fourth-order valence-corrected chi connectivity index (χ4v) is 2.21. The van der Waals surface area contributed by atoms with Crippen LogP contribution in [0.1, 0.15) is 26.0 Å². The predicted octanol–water partition coefficient (Wildman–Crippen LogP) is -0.132. The molecule has 23 heavy (non-hydrogen) atoms. The molecular formula is C13H17F2N3O5. The second-order valence-corrected chi connectivity index (χ2v) is 5.13. The maximum atomic E-state index is 14.0. The van der Waals surface area contributed by atoms with Crippen molar-refractivity contribution in [2.24, 2.45) is 0 Å². The number of halogens is 2. The average molecular weight is 333 g/mol. The van der Waals surface area contributed by atoms with E-state index in [9.17, 15) is 23.5 Å². The Morgan fingerprint density at radius 1 is 1.57 bits per heavy atom. The van der Waals surface area contributed by atoms with E-state index in [0.717, 1.165) is 6.20 Å². The molecule has 0 radical (unpaired) electrons. The van der Waals surface area contributed by atoms with Gasteiger partial charge < -0.3 is 20.3 Å². The number of aromatic nitrogens is 2. The lowest BCUT2D eigenvalue weighted by atomic mass is 10.1. The molecule has 2 heterocycles. The lowest BCUT2D eigenvalue weighted by molar-refractivity contribution is -0.141. The maximum absolute atomic E-state index is 14.0. The van der Waals surface area contributed by atoms with Crippen LogP contribution >= 0.6 is 0 Å². The summed E-state index contributed by atoms with van der Waals surface area (Å²) in [5, 5.41) is 20.7. The Morgan fingerprint density at radius 2 is 2.26 bits per heavy atom. The number of hydrogen-bond acceptors (Lipinski definition) is 6. The number of rotatable bonds is 5. The molecule has 0 aliphatic carbocycles. The second kappa shape index (κ2) is 6.69. The van der Waals surface area contributed by atoms with Crippen molar-refractivity contribution < 1.29 is 28.5 Å². The lowest BCUT2D eigenvalue weighted by Gasteiger charge is -2.21. The van der Waals surface area contributed by atoms with Crippen LogP contribution in [0.2, 0.25) is 0 Å². The van der Waals surface area contributed by atoms with Crippen molar-refractivity contribution in [1.29, 1.82) is 0 Å². The highest BCUT2D eigenvalue weighted by Crippen LogP contribution is 2.41. The molecule has 8 nitrogen and oxygen atoms in total. The zero-order valence-corrected chi connectivity index (χ0v) is 12.3. The highest BCUT2D eigenvalue weighted by molar-refractivity contribution is 5.89. The molecule has 0 bridgehead atoms. The van der Waals surface area contributed by atoms with Gasteiger partial charge in [0.05, 0.1) is 6.61 Å². The Labute approximate surface area is 129 Å². The molecule has 2 rings (SSSR count). The Hall–Kier alpha value is -1.91. The second-order valence-electron chi connectivity index (χ2n) is 5.13. The molecule has 0 unspecified atom stereocenters. The van der Waals surface area contributed by atoms with E-state index in [1.54, 1.807) is 6.92 Å². The zero-order valence-electron chi connectivity index (χ0n) is 12.3. The van der Waals surface area contributed by atoms with Gasteiger partial charge in [0.2, 0.25) is 12.1 Å². The Morgan fingerprint density at radius 3 is 2.78 bits per heavy atom. The standard InChI is InChI=1S/C13H17F2N3O5/c1-2-3-9(20)16-8-4-5-18(12(22)17-8)11-13(14,15)10(21)7(6-19)23-11/h4-5,7,10-11,19,21H,2-3,6H2,1H3,(H,16,17,20,22)/t7-,10-,11-/m1/s1. The van der Waals surface area contributed by atoms with Gasteiger partial charge in [0, 0.05) is 12.6 Å². The number of nitrogens with zero attached hydrogens (tertiary/aromatic N) is 2. The molecule has 1 amide bonds. The van der Waals surface area contributed by atoms with Crippen LogP contribution in [0.3, 0.4) is 0 Å². The molecule has 1 aromatic heterocycles. The molecular weight excluding hydrogens is 316 g/mol. The Bertz CT molecular complexity index is 636. The van der Waals surface area contributed by atoms with Crippen LogP contribution in [0, 0.1) is 0 Å². The number of amides is 1. The van der Waals surface area contributed by atoms with E-state index in [0.29, 0.717) is 11.0 Å². The minimum Gasteiger partial charge on any atom is -0.394 e. The summed E-state index contributed by atoms with van der Waals surface area (Å²) < 4.78 is 33.3. The Kier molecular flexibility index (Phi) is 5.07. The van der Waals surface area contributed by atoms with Crippen LogP contribution in [0.25, 0.3) is 0 Å². The van der Waals surface area contributed by atoms with Gasteiger partial charge in [-0.05, 0) is 12.5 Å². The molecule has 0 aromatic carbocycles. The van der Waals surface area contributed by atoms with Gasteiger partial charge in [0.1, 0.15) is 11.9 Å². The summed E-state index contributed by atoms with van der Waals surface area (Å²) in [6.07, 6.45) is -4.01. The smallest absolute Gasteiger partial charge is 0.351 e. The van der Waals surface area contributed by atoms with E-state index in [2.05, 4.69) is 10.3 Å². The molecule has 1 aliphatic heterocycles. The monoisotopic (exact) mass is 333 g/mol. The van der Waals surface area contributed by atoms with Crippen LogP contribution in [0.5, 0.6) is 0 Å². The summed E-state index contributed by atoms with van der Waals surface area (Å²) in [7, 11) is 0. The van der Waals surface area contributed by atoms with Crippen molar-refractivity contribution in [1.82, 2.24) is 9.55 Å². The summed E-state index contributed by atoms with van der Waals surface area (Å²) in [6, 6.07) is 1.17. The third-order valence-corrected chi connectivity index (χ3v) is 3.39. The molecule has 1 aliphatic rings. The van der Waals surface area contributed by atoms with Gasteiger partial charge >= 0.3 is 11.6 Å². The average Bonchev–Trinajstić information content (AvgIpc) is 2.70. The summed E-state index contributed by atoms with van der Waals surface area (Å²) in [4.78, 5) is 26.8. The predicted molar refractivity (Wildman–Crippen MR) is 74.0 cm³/mol. The summed E-state index contributed by atoms with van der Waals surface area (Å²) in [6.45, 7) is 0.980. The quantitative estimate of drug-likeness (QED) is 0.692. The van der Waals surface area contributed by atoms with Gasteiger partial charge in [-0.3, -0.25) is 9.36 Å². The number of nitrogens with one attached hydrogen (secondary N) is 1. The fourth-order valence-electron chi connectivity index (χ4n) is 2.21. The van der Waals surface area contributed by atoms with Gasteiger partial charge in [-0.15, -0.1) is 0 Å². The van der Waals surface area contributed by atoms with Crippen molar-refractivity contribution in [2.75, 3.05) is 11.9 Å². The molecule has 3 atom stereocenters. The van der Waals surface area contributed by atoms with Gasteiger partial charge in [-0.2, -0.15) is 13.8 Å². The maximum Gasteiger partial charge on any atom is 0.351 e. The zero-order chi connectivity index (χ0) is 17.2. The third-order valence-electron chi connectivity index (χ3n) is 3.39. The van der Waals surface area contributed by atoms with E-state index in [1.807, 2.05) is 0 Å². The van der Waals surface area contributed by atoms with Crippen molar-refractivity contribution in [3.63, 3.8) is 0 Å². The number of carbonyl (C=O) groups excluding carboxylic acids is 1. The SMILES string of the molecule is CCCC(=O)Nc1ccn([C@@H]2O[C@H](CO)[C@@H](O)C2(F)F)c(=O)n1. The highest BCUT2D eigenvalue weighted by Gasteiger charge is 2.59. The summed E-state index contributed by atoms with van der Waals surface area (Å²) >= 11 is 0. The van der Waals surface area contributed by atoms with E-state index in [4.69, 9.17) is 9.84 Å². The largest absolute Gasteiger partial charge is 0.394 e. The summed E-state index contributed by atoms with van der Waals surface area (Å²) in [5.41, 5.74) is -1.07. The molecule has 1 aromatic rings. The van der Waals surface area contributed by atoms with E-state index in [-0.39, 0.29) is 18.1 Å². The number of ether oxygens (including phenoxy) is 1. The third kappa shape index (κ3) is 3.38. The first kappa shape index (κ1) is 17.4. The molecule has 1 saturated heterocycles. The number of aliphatic hydroxyl groups excluding tert-OH is 2. The number of hydrogen-bond donors (Lipinski definition) is 3. The number of anilines is 1. The first-order valence-electron chi connectivity index (χ1n) is 7.02. The van der Waals surface area contributed by atoms with Crippen LogP contribution in [0.15, 0.2) is 17.1 Å². The van der Waals surface area contributed by atoms with Crippen LogP contribution in [-0.4, -0.2) is 50.4 Å². The van der Waals surface area contributed by atoms with Crippen LogP contribution in [-0.2, 0) is 9.53 Å². The molecule has 1 fully saturated rings. The van der Waals surface area contributed by atoms with Crippen LogP contribution in [0.4, 0.5) is 14.6 Å². The minimum absolute atomic E-state index is 0.0646. The van der Waals surface area contributed by atoms with Crippen molar-refractivity contribution >= 4 is 11.7 Å². The first-order valence-corrected chi connectivity index (χ1v) is 7.02. The van der Waals surface area contributed by atoms with Gasteiger partial charge in [-0.25, -0.2) is 4.79 Å². The van der Waals surface area contributed by atoms with Crippen molar-refractivity contribution in [3.05, 3.63) is 22.7 Å². The van der Waals surface area contributed by atoms with Crippen molar-refractivity contribution in [3.8, 4) is 0 Å². The first-order chi connectivity index (χ1) is 10.8. The highest BCUT2D eigenvalue weighted by atomic mass is 19.3. The molecule has 128 valence electrons. The Balaban J connectivity index is 2.24. The van der Waals surface area contributed by atoms with E-state index >= 15 is 0 Å². The minimum atomic E-state index is -3.77. The van der Waals surface area contributed by atoms with E-state index in [1.165, 1.54) is 6.07 Å². The van der Waals surface area contributed by atoms with Crippen molar-refractivity contribution in [2.45, 2.75) is 44.1 Å². The van der Waals surface area contributed by atoms with Gasteiger partial charge in [0.25, 0.3) is 0 Å². The normalized spacial score (nSPS) is 26.2. The topological polar surface area (TPSA) is 114 Å². The molecule has 0 spiro atoms. The lowest BCUT2D eigenvalue weighted by Crippen LogP contribution is -2.41. The van der Waals surface area contributed by atoms with Gasteiger partial charge in [0.15, 0.2) is 6.10 Å². The molecule has 10 heteroatoms.